The molecule has 2 aliphatic carbocycles. The van der Waals surface area contributed by atoms with Gasteiger partial charge in [0.2, 0.25) is 5.78 Å². The molecule has 0 spiro atoms. The van der Waals surface area contributed by atoms with Gasteiger partial charge in [0.15, 0.2) is 22.6 Å². The second-order valence-corrected chi connectivity index (χ2v) is 8.58. The van der Waals surface area contributed by atoms with Crippen LogP contribution in [-0.2, 0) is 19.0 Å². The monoisotopic (exact) mass is 420 g/mol. The van der Waals surface area contributed by atoms with Crippen LogP contribution in [0.15, 0.2) is 18.2 Å². The molecule has 0 unspecified atom stereocenters. The standard InChI is InChI=1S/C21H24O9/c1-8-14(22)20-15(23)10-6-5-7-11(27-3)12(10)17(28-4)21(20,30-20)18(25)19(8,26)16(24)13-9(2)29-13/h5-9,13-14,17-18,22,25-26H,1-4H3/t8-,9+,13-,14-,17-,18-,19+,20+,21+/m1/s1. The first-order valence-corrected chi connectivity index (χ1v) is 9.87. The van der Waals surface area contributed by atoms with Gasteiger partial charge in [-0.1, -0.05) is 19.1 Å². The van der Waals surface area contributed by atoms with Crippen molar-refractivity contribution in [2.75, 3.05) is 14.2 Å². The zero-order valence-corrected chi connectivity index (χ0v) is 17.0. The van der Waals surface area contributed by atoms with E-state index in [1.165, 1.54) is 21.1 Å². The molecule has 2 heterocycles. The molecule has 0 aromatic heterocycles. The van der Waals surface area contributed by atoms with Crippen molar-refractivity contribution >= 4 is 11.6 Å². The molecule has 2 aliphatic heterocycles. The molecule has 0 bridgehead atoms. The fourth-order valence-corrected chi connectivity index (χ4v) is 5.66. The molecule has 1 aromatic carbocycles. The maximum Gasteiger partial charge on any atom is 0.201 e. The third kappa shape index (κ3) is 1.90. The normalized spacial score (nSPS) is 48.3. The van der Waals surface area contributed by atoms with E-state index in [0.717, 1.165) is 0 Å². The second-order valence-electron chi connectivity index (χ2n) is 8.58. The number of aliphatic hydroxyl groups excluding tert-OH is 2. The first kappa shape index (κ1) is 20.0. The van der Waals surface area contributed by atoms with E-state index in [4.69, 9.17) is 18.9 Å². The fraction of sp³-hybridized carbons (Fsp3) is 0.619. The van der Waals surface area contributed by atoms with Crippen molar-refractivity contribution in [3.05, 3.63) is 29.3 Å². The Morgan fingerprint density at radius 3 is 2.43 bits per heavy atom. The zero-order valence-electron chi connectivity index (χ0n) is 17.0. The molecule has 30 heavy (non-hydrogen) atoms. The molecular weight excluding hydrogens is 396 g/mol. The van der Waals surface area contributed by atoms with Crippen LogP contribution in [-0.4, -0.2) is 82.3 Å². The number of ketones is 2. The van der Waals surface area contributed by atoms with E-state index < -0.39 is 64.8 Å². The molecule has 9 atom stereocenters. The minimum absolute atomic E-state index is 0.240. The number of hydrogen-bond donors (Lipinski definition) is 3. The third-order valence-corrected chi connectivity index (χ3v) is 7.40. The Labute approximate surface area is 172 Å². The molecule has 0 amide bonds. The Balaban J connectivity index is 1.72. The van der Waals surface area contributed by atoms with E-state index in [0.29, 0.717) is 11.3 Å². The van der Waals surface area contributed by atoms with E-state index in [1.54, 1.807) is 25.1 Å². The van der Waals surface area contributed by atoms with Gasteiger partial charge in [0, 0.05) is 24.2 Å². The molecule has 162 valence electrons. The van der Waals surface area contributed by atoms with Crippen LogP contribution >= 0.6 is 0 Å². The lowest BCUT2D eigenvalue weighted by molar-refractivity contribution is -0.200. The van der Waals surface area contributed by atoms with E-state index >= 15 is 0 Å². The summed E-state index contributed by atoms with van der Waals surface area (Å²) in [5, 5.41) is 34.1. The molecular formula is C21H24O9. The summed E-state index contributed by atoms with van der Waals surface area (Å²) in [6.45, 7) is 3.08. The number of methoxy groups -OCH3 is 2. The molecule has 2 saturated heterocycles. The Morgan fingerprint density at radius 2 is 1.87 bits per heavy atom. The highest BCUT2D eigenvalue weighted by molar-refractivity contribution is 6.11. The summed E-state index contributed by atoms with van der Waals surface area (Å²) >= 11 is 0. The van der Waals surface area contributed by atoms with Crippen LogP contribution in [0.25, 0.3) is 0 Å². The highest BCUT2D eigenvalue weighted by Crippen LogP contribution is 2.71. The maximum absolute atomic E-state index is 13.5. The van der Waals surface area contributed by atoms with Crippen LogP contribution in [0, 0.1) is 5.92 Å². The van der Waals surface area contributed by atoms with Gasteiger partial charge in [-0.25, -0.2) is 0 Å². The molecule has 0 radical (unpaired) electrons. The van der Waals surface area contributed by atoms with Crippen LogP contribution in [0.2, 0.25) is 0 Å². The summed E-state index contributed by atoms with van der Waals surface area (Å²) < 4.78 is 22.2. The molecule has 9 heteroatoms. The Bertz CT molecular complexity index is 962. The number of aliphatic hydroxyl groups is 3. The van der Waals surface area contributed by atoms with E-state index in [9.17, 15) is 24.9 Å². The third-order valence-electron chi connectivity index (χ3n) is 7.40. The van der Waals surface area contributed by atoms with Gasteiger partial charge in [0.1, 0.15) is 24.1 Å². The average molecular weight is 420 g/mol. The molecule has 3 N–H and O–H groups in total. The van der Waals surface area contributed by atoms with Gasteiger partial charge in [-0.05, 0) is 13.0 Å². The van der Waals surface area contributed by atoms with Crippen molar-refractivity contribution in [2.45, 2.75) is 61.2 Å². The molecule has 9 nitrogen and oxygen atoms in total. The van der Waals surface area contributed by atoms with Gasteiger partial charge in [-0.2, -0.15) is 0 Å². The number of carbonyl (C=O) groups excluding carboxylic acids is 2. The molecule has 1 saturated carbocycles. The number of benzene rings is 1. The largest absolute Gasteiger partial charge is 0.496 e. The van der Waals surface area contributed by atoms with E-state index in [1.807, 2.05) is 0 Å². The van der Waals surface area contributed by atoms with Crippen LogP contribution in [0.3, 0.4) is 0 Å². The smallest absolute Gasteiger partial charge is 0.201 e. The summed E-state index contributed by atoms with van der Waals surface area (Å²) in [6, 6.07) is 4.84. The van der Waals surface area contributed by atoms with Gasteiger partial charge >= 0.3 is 0 Å². The highest BCUT2D eigenvalue weighted by atomic mass is 16.7. The molecule has 4 aliphatic rings. The Morgan fingerprint density at radius 1 is 1.20 bits per heavy atom. The average Bonchev–Trinajstić information content (AvgIpc) is 3.65. The Kier molecular flexibility index (Phi) is 3.93. The first-order chi connectivity index (χ1) is 14.1. The van der Waals surface area contributed by atoms with Crippen molar-refractivity contribution in [2.24, 2.45) is 5.92 Å². The fourth-order valence-electron chi connectivity index (χ4n) is 5.66. The van der Waals surface area contributed by atoms with Crippen molar-refractivity contribution in [3.8, 4) is 5.75 Å². The predicted molar refractivity (Wildman–Crippen MR) is 99.1 cm³/mol. The van der Waals surface area contributed by atoms with Crippen molar-refractivity contribution < 1.29 is 43.9 Å². The predicted octanol–water partition coefficient (Wildman–Crippen LogP) is -0.454. The SMILES string of the molecule is COc1cccc2c1[C@@H](OC)[C@@]13O[C@]1(C2=O)[C@H](O)[C@@H](C)[C@](O)(C(=O)[C@@H]1O[C@H]1C)[C@H]3O. The van der Waals surface area contributed by atoms with Gasteiger partial charge < -0.3 is 34.3 Å². The summed E-state index contributed by atoms with van der Waals surface area (Å²) in [7, 11) is 2.79. The number of carbonyl (C=O) groups is 2. The number of epoxide rings is 2. The second kappa shape index (κ2) is 5.87. The van der Waals surface area contributed by atoms with Gasteiger partial charge in [0.05, 0.1) is 19.3 Å². The maximum atomic E-state index is 13.5. The minimum Gasteiger partial charge on any atom is -0.496 e. The lowest BCUT2D eigenvalue weighted by Crippen LogP contribution is -2.74. The van der Waals surface area contributed by atoms with Crippen LogP contribution in [0.1, 0.15) is 35.9 Å². The molecule has 1 aromatic rings. The summed E-state index contributed by atoms with van der Waals surface area (Å²) in [5.41, 5.74) is -5.51. The number of fused-ring (bicyclic) bond motifs is 1. The first-order valence-electron chi connectivity index (χ1n) is 9.87. The van der Waals surface area contributed by atoms with Crippen LogP contribution in [0.5, 0.6) is 5.75 Å². The molecule has 3 fully saturated rings. The van der Waals surface area contributed by atoms with Gasteiger partial charge in [-0.3, -0.25) is 9.59 Å². The lowest BCUT2D eigenvalue weighted by atomic mass is 9.55. The highest BCUT2D eigenvalue weighted by Gasteiger charge is 2.92. The number of ether oxygens (including phenoxy) is 4. The molecule has 5 rings (SSSR count). The van der Waals surface area contributed by atoms with E-state index in [-0.39, 0.29) is 5.56 Å². The summed E-state index contributed by atoms with van der Waals surface area (Å²) in [4.78, 5) is 26.6. The van der Waals surface area contributed by atoms with Crippen molar-refractivity contribution in [1.29, 1.82) is 0 Å². The van der Waals surface area contributed by atoms with Crippen molar-refractivity contribution in [1.82, 2.24) is 0 Å². The van der Waals surface area contributed by atoms with Crippen LogP contribution in [0.4, 0.5) is 0 Å². The van der Waals surface area contributed by atoms with Crippen LogP contribution < -0.4 is 4.74 Å². The quantitative estimate of drug-likeness (QED) is 0.553. The zero-order chi connectivity index (χ0) is 21.8. The summed E-state index contributed by atoms with van der Waals surface area (Å²) in [5.74, 6) is -2.16. The summed E-state index contributed by atoms with van der Waals surface area (Å²) in [6.07, 6.45) is -5.79. The number of hydrogen-bond acceptors (Lipinski definition) is 9. The number of Topliss-reactive ketones (excluding diaryl/α,β-unsaturated/α-hetero) is 2. The topological polar surface area (TPSA) is 138 Å². The Hall–Kier alpha value is -1.88. The minimum atomic E-state index is -2.40. The van der Waals surface area contributed by atoms with E-state index in [2.05, 4.69) is 0 Å². The number of rotatable bonds is 4. The lowest BCUT2D eigenvalue weighted by Gasteiger charge is -2.50. The van der Waals surface area contributed by atoms with Gasteiger partial charge in [-0.15, -0.1) is 0 Å². The van der Waals surface area contributed by atoms with Crippen molar-refractivity contribution in [3.63, 3.8) is 0 Å². The van der Waals surface area contributed by atoms with Gasteiger partial charge in [0.25, 0.3) is 0 Å².